The van der Waals surface area contributed by atoms with E-state index in [0.717, 1.165) is 5.92 Å². The fourth-order valence-corrected chi connectivity index (χ4v) is 4.59. The molecule has 1 spiro atoms. The zero-order chi connectivity index (χ0) is 11.0. The maximum atomic E-state index is 3.85. The Kier molecular flexibility index (Phi) is 2.80. The molecule has 0 aromatic carbocycles. The fraction of sp³-hybridized carbons (Fsp3) is 0.714. The first-order valence-electron chi connectivity index (χ1n) is 6.66. The Labute approximate surface area is 102 Å². The van der Waals surface area contributed by atoms with Crippen molar-refractivity contribution in [3.8, 4) is 0 Å². The van der Waals surface area contributed by atoms with E-state index < -0.39 is 0 Å². The summed E-state index contributed by atoms with van der Waals surface area (Å²) in [5.41, 5.74) is 1.99. The van der Waals surface area contributed by atoms with Crippen LogP contribution in [0.3, 0.4) is 0 Å². The van der Waals surface area contributed by atoms with E-state index in [1.54, 1.807) is 10.4 Å². The first kappa shape index (κ1) is 10.8. The Morgan fingerprint density at radius 2 is 2.50 bits per heavy atom. The highest BCUT2D eigenvalue weighted by molar-refractivity contribution is 7.10. The highest BCUT2D eigenvalue weighted by atomic mass is 32.1. The standard InChI is InChI=1S/C14H21NS/c1-2-11-4-3-7-14(10-11)12-6-9-16-13(12)5-8-15-14/h6,9,11,15H,2-5,7-8,10H2,1H3. The molecular weight excluding hydrogens is 214 g/mol. The minimum Gasteiger partial charge on any atom is -0.307 e. The first-order valence-corrected chi connectivity index (χ1v) is 7.54. The van der Waals surface area contributed by atoms with Crippen molar-refractivity contribution in [2.45, 2.75) is 51.0 Å². The van der Waals surface area contributed by atoms with E-state index in [0.29, 0.717) is 5.54 Å². The van der Waals surface area contributed by atoms with Gasteiger partial charge in [-0.25, -0.2) is 0 Å². The molecule has 1 aliphatic heterocycles. The van der Waals surface area contributed by atoms with E-state index in [9.17, 15) is 0 Å². The van der Waals surface area contributed by atoms with E-state index in [2.05, 4.69) is 23.7 Å². The van der Waals surface area contributed by atoms with Gasteiger partial charge in [0.05, 0.1) is 0 Å². The third-order valence-electron chi connectivity index (χ3n) is 4.51. The van der Waals surface area contributed by atoms with Crippen LogP contribution in [0.2, 0.25) is 0 Å². The van der Waals surface area contributed by atoms with Gasteiger partial charge in [-0.15, -0.1) is 11.3 Å². The predicted octanol–water partition coefficient (Wildman–Crippen LogP) is 3.69. The molecule has 88 valence electrons. The van der Waals surface area contributed by atoms with Crippen LogP contribution in [-0.4, -0.2) is 6.54 Å². The summed E-state index contributed by atoms with van der Waals surface area (Å²) in [4.78, 5) is 1.65. The van der Waals surface area contributed by atoms with Crippen LogP contribution < -0.4 is 5.32 Å². The SMILES string of the molecule is CCC1CCCC2(C1)NCCc1sccc12. The van der Waals surface area contributed by atoms with Crippen molar-refractivity contribution in [2.24, 2.45) is 5.92 Å². The third kappa shape index (κ3) is 1.63. The zero-order valence-corrected chi connectivity index (χ0v) is 10.9. The van der Waals surface area contributed by atoms with Crippen LogP contribution in [0.15, 0.2) is 11.4 Å². The Hall–Kier alpha value is -0.340. The van der Waals surface area contributed by atoms with Gasteiger partial charge in [-0.05, 0) is 42.2 Å². The summed E-state index contributed by atoms with van der Waals surface area (Å²) in [6.45, 7) is 3.53. The minimum absolute atomic E-state index is 0.354. The second-order valence-corrected chi connectivity index (χ2v) is 6.39. The van der Waals surface area contributed by atoms with Gasteiger partial charge >= 0.3 is 0 Å². The molecule has 1 aromatic heterocycles. The third-order valence-corrected chi connectivity index (χ3v) is 5.49. The van der Waals surface area contributed by atoms with Crippen LogP contribution in [0.25, 0.3) is 0 Å². The van der Waals surface area contributed by atoms with Gasteiger partial charge in [-0.2, -0.15) is 0 Å². The van der Waals surface area contributed by atoms with Crippen LogP contribution in [-0.2, 0) is 12.0 Å². The minimum atomic E-state index is 0.354. The van der Waals surface area contributed by atoms with Gasteiger partial charge in [-0.1, -0.05) is 26.2 Å². The summed E-state index contributed by atoms with van der Waals surface area (Å²) in [5.74, 6) is 0.937. The molecule has 2 unspecified atom stereocenters. The first-order chi connectivity index (χ1) is 7.84. The van der Waals surface area contributed by atoms with Crippen LogP contribution >= 0.6 is 11.3 Å². The van der Waals surface area contributed by atoms with Gasteiger partial charge in [0.1, 0.15) is 0 Å². The molecule has 0 amide bonds. The summed E-state index contributed by atoms with van der Waals surface area (Å²) in [6.07, 6.45) is 8.16. The molecule has 3 rings (SSSR count). The molecule has 0 saturated heterocycles. The molecule has 2 aliphatic rings. The average molecular weight is 235 g/mol. The lowest BCUT2D eigenvalue weighted by Gasteiger charge is -2.44. The normalized spacial score (nSPS) is 33.9. The van der Waals surface area contributed by atoms with Crippen molar-refractivity contribution < 1.29 is 0 Å². The predicted molar refractivity (Wildman–Crippen MR) is 70.0 cm³/mol. The molecule has 0 radical (unpaired) electrons. The van der Waals surface area contributed by atoms with Crippen molar-refractivity contribution in [1.29, 1.82) is 0 Å². The second kappa shape index (κ2) is 4.15. The van der Waals surface area contributed by atoms with Gasteiger partial charge in [0, 0.05) is 17.0 Å². The maximum absolute atomic E-state index is 3.85. The molecule has 2 heteroatoms. The second-order valence-electron chi connectivity index (χ2n) is 5.39. The largest absolute Gasteiger partial charge is 0.307 e. The van der Waals surface area contributed by atoms with E-state index in [4.69, 9.17) is 0 Å². The van der Waals surface area contributed by atoms with Crippen molar-refractivity contribution in [1.82, 2.24) is 5.32 Å². The van der Waals surface area contributed by atoms with Gasteiger partial charge < -0.3 is 5.32 Å². The number of thiophene rings is 1. The molecule has 1 fully saturated rings. The number of nitrogens with one attached hydrogen (secondary N) is 1. The quantitative estimate of drug-likeness (QED) is 0.783. The molecule has 1 nitrogen and oxygen atoms in total. The van der Waals surface area contributed by atoms with Gasteiger partial charge in [-0.3, -0.25) is 0 Å². The molecule has 2 heterocycles. The van der Waals surface area contributed by atoms with E-state index >= 15 is 0 Å². The molecular formula is C14H21NS. The Bertz CT molecular complexity index is 371. The van der Waals surface area contributed by atoms with Crippen molar-refractivity contribution in [3.63, 3.8) is 0 Å². The molecule has 1 N–H and O–H groups in total. The highest BCUT2D eigenvalue weighted by Crippen LogP contribution is 2.45. The van der Waals surface area contributed by atoms with Gasteiger partial charge in [0.25, 0.3) is 0 Å². The van der Waals surface area contributed by atoms with Gasteiger partial charge in [0.15, 0.2) is 0 Å². The van der Waals surface area contributed by atoms with Crippen molar-refractivity contribution in [2.75, 3.05) is 6.54 Å². The lowest BCUT2D eigenvalue weighted by molar-refractivity contribution is 0.168. The molecule has 1 saturated carbocycles. The van der Waals surface area contributed by atoms with Crippen LogP contribution in [0.4, 0.5) is 0 Å². The Balaban J connectivity index is 1.94. The van der Waals surface area contributed by atoms with Crippen LogP contribution in [0, 0.1) is 5.92 Å². The molecule has 0 bridgehead atoms. The summed E-state index contributed by atoms with van der Waals surface area (Å²) in [6, 6.07) is 2.38. The number of hydrogen-bond acceptors (Lipinski definition) is 2. The summed E-state index contributed by atoms with van der Waals surface area (Å²) in [5, 5.41) is 6.13. The van der Waals surface area contributed by atoms with Crippen LogP contribution in [0.5, 0.6) is 0 Å². The lowest BCUT2D eigenvalue weighted by atomic mass is 9.70. The lowest BCUT2D eigenvalue weighted by Crippen LogP contribution is -2.49. The molecule has 1 aliphatic carbocycles. The van der Waals surface area contributed by atoms with E-state index in [1.807, 2.05) is 11.3 Å². The molecule has 16 heavy (non-hydrogen) atoms. The highest BCUT2D eigenvalue weighted by Gasteiger charge is 2.40. The van der Waals surface area contributed by atoms with Gasteiger partial charge in [0.2, 0.25) is 0 Å². The number of hydrogen-bond donors (Lipinski definition) is 1. The Morgan fingerprint density at radius 1 is 1.56 bits per heavy atom. The zero-order valence-electron chi connectivity index (χ0n) is 10.1. The summed E-state index contributed by atoms with van der Waals surface area (Å²) in [7, 11) is 0. The monoisotopic (exact) mass is 235 g/mol. The number of fused-ring (bicyclic) bond motifs is 2. The fourth-order valence-electron chi connectivity index (χ4n) is 3.61. The van der Waals surface area contributed by atoms with Crippen molar-refractivity contribution in [3.05, 3.63) is 21.9 Å². The van der Waals surface area contributed by atoms with Crippen LogP contribution in [0.1, 0.15) is 49.5 Å². The Morgan fingerprint density at radius 3 is 3.38 bits per heavy atom. The maximum Gasteiger partial charge on any atom is 0.0448 e. The molecule has 1 aromatic rings. The number of rotatable bonds is 1. The summed E-state index contributed by atoms with van der Waals surface area (Å²) >= 11 is 1.96. The summed E-state index contributed by atoms with van der Waals surface area (Å²) < 4.78 is 0. The van der Waals surface area contributed by atoms with E-state index in [-0.39, 0.29) is 0 Å². The average Bonchev–Trinajstić information content (AvgIpc) is 2.79. The smallest absolute Gasteiger partial charge is 0.0448 e. The van der Waals surface area contributed by atoms with Crippen molar-refractivity contribution >= 4 is 11.3 Å². The molecule has 2 atom stereocenters. The van der Waals surface area contributed by atoms with E-state index in [1.165, 1.54) is 45.1 Å². The topological polar surface area (TPSA) is 12.0 Å².